The Bertz CT molecular complexity index is 671. The normalized spacial score (nSPS) is 10.1. The van der Waals surface area contributed by atoms with Gasteiger partial charge in [-0.1, -0.05) is 0 Å². The molecule has 7 heteroatoms. The Labute approximate surface area is 128 Å². The maximum Gasteiger partial charge on any atom is 0.292 e. The first kappa shape index (κ1) is 14.3. The minimum atomic E-state index is -0.614. The van der Waals surface area contributed by atoms with Crippen molar-refractivity contribution >= 4 is 45.6 Å². The van der Waals surface area contributed by atoms with Gasteiger partial charge in [0.1, 0.15) is 5.69 Å². The molecule has 0 atom stereocenters. The van der Waals surface area contributed by atoms with E-state index in [0.717, 1.165) is 9.64 Å². The Morgan fingerprint density at radius 3 is 2.45 bits per heavy atom. The molecule has 0 saturated heterocycles. The van der Waals surface area contributed by atoms with Gasteiger partial charge in [0.25, 0.3) is 11.6 Å². The molecule has 2 aromatic rings. The van der Waals surface area contributed by atoms with Gasteiger partial charge in [-0.25, -0.2) is 0 Å². The van der Waals surface area contributed by atoms with Crippen molar-refractivity contribution in [2.24, 2.45) is 0 Å². The monoisotopic (exact) mass is 383 g/mol. The van der Waals surface area contributed by atoms with Gasteiger partial charge in [-0.05, 0) is 59.0 Å². The third kappa shape index (κ3) is 3.23. The van der Waals surface area contributed by atoms with E-state index >= 15 is 0 Å². The molecule has 0 saturated carbocycles. The largest absolute Gasteiger partial charge is 0.393 e. The van der Waals surface area contributed by atoms with E-state index in [1.165, 1.54) is 12.1 Å². The Kier molecular flexibility index (Phi) is 4.18. The van der Waals surface area contributed by atoms with Crippen molar-refractivity contribution in [2.75, 3.05) is 11.1 Å². The molecule has 0 unspecified atom stereocenters. The first-order valence-corrected chi connectivity index (χ1v) is 6.66. The lowest BCUT2D eigenvalue weighted by Crippen LogP contribution is -2.12. The van der Waals surface area contributed by atoms with Crippen molar-refractivity contribution in [3.8, 4) is 0 Å². The van der Waals surface area contributed by atoms with Gasteiger partial charge < -0.3 is 11.1 Å². The number of hydrogen-bond donors (Lipinski definition) is 2. The summed E-state index contributed by atoms with van der Waals surface area (Å²) in [7, 11) is 0. The predicted octanol–water partition coefficient (Wildman–Crippen LogP) is 3.03. The number of rotatable bonds is 3. The number of nitrogens with two attached hydrogens (primary N) is 1. The standard InChI is InChI=1S/C13H10IN3O3/c14-9-2-4-10(5-3-9)16-13(18)8-1-6-11(15)12(7-8)17(19)20/h1-7H,15H2,(H,16,18). The number of benzene rings is 2. The zero-order valence-corrected chi connectivity index (χ0v) is 12.3. The van der Waals surface area contributed by atoms with Crippen LogP contribution < -0.4 is 11.1 Å². The zero-order valence-electron chi connectivity index (χ0n) is 10.2. The minimum absolute atomic E-state index is 0.0285. The first-order valence-electron chi connectivity index (χ1n) is 5.58. The van der Waals surface area contributed by atoms with Crippen LogP contribution in [0.25, 0.3) is 0 Å². The average Bonchev–Trinajstić information content (AvgIpc) is 2.41. The van der Waals surface area contributed by atoms with E-state index in [4.69, 9.17) is 5.73 Å². The Balaban J connectivity index is 2.23. The highest BCUT2D eigenvalue weighted by Gasteiger charge is 2.15. The molecule has 0 fully saturated rings. The SMILES string of the molecule is Nc1ccc(C(=O)Nc2ccc(I)cc2)cc1[N+](=O)[O-]. The molecule has 2 rings (SSSR count). The molecule has 20 heavy (non-hydrogen) atoms. The maximum atomic E-state index is 12.0. The summed E-state index contributed by atoms with van der Waals surface area (Å²) in [6, 6.07) is 11.2. The smallest absolute Gasteiger partial charge is 0.292 e. The third-order valence-corrected chi connectivity index (χ3v) is 3.31. The van der Waals surface area contributed by atoms with Crippen LogP contribution in [0.3, 0.4) is 0 Å². The first-order chi connectivity index (χ1) is 9.47. The van der Waals surface area contributed by atoms with E-state index in [-0.39, 0.29) is 16.9 Å². The molecule has 0 heterocycles. The van der Waals surface area contributed by atoms with Crippen molar-refractivity contribution in [3.05, 3.63) is 61.7 Å². The number of amides is 1. The lowest BCUT2D eigenvalue weighted by atomic mass is 10.1. The summed E-state index contributed by atoms with van der Waals surface area (Å²) < 4.78 is 1.05. The number of carbonyl (C=O) groups is 1. The summed E-state index contributed by atoms with van der Waals surface area (Å²) in [5.74, 6) is -0.422. The summed E-state index contributed by atoms with van der Waals surface area (Å²) in [4.78, 5) is 22.2. The quantitative estimate of drug-likeness (QED) is 0.368. The van der Waals surface area contributed by atoms with Crippen molar-refractivity contribution < 1.29 is 9.72 Å². The van der Waals surface area contributed by atoms with Crippen molar-refractivity contribution in [1.82, 2.24) is 0 Å². The molecular weight excluding hydrogens is 373 g/mol. The van der Waals surface area contributed by atoms with E-state index in [2.05, 4.69) is 27.9 Å². The van der Waals surface area contributed by atoms with Gasteiger partial charge in [-0.2, -0.15) is 0 Å². The summed E-state index contributed by atoms with van der Waals surface area (Å²) in [5, 5.41) is 13.5. The molecule has 0 aliphatic carbocycles. The number of nitro benzene ring substituents is 1. The summed E-state index contributed by atoms with van der Waals surface area (Å²) in [5.41, 5.74) is 6.04. The van der Waals surface area contributed by atoms with Gasteiger partial charge in [0.15, 0.2) is 0 Å². The molecule has 102 valence electrons. The van der Waals surface area contributed by atoms with Crippen molar-refractivity contribution in [2.45, 2.75) is 0 Å². The number of hydrogen-bond acceptors (Lipinski definition) is 4. The molecule has 2 aromatic carbocycles. The van der Waals surface area contributed by atoms with Crippen LogP contribution in [0.2, 0.25) is 0 Å². The van der Waals surface area contributed by atoms with Crippen LogP contribution in [-0.4, -0.2) is 10.8 Å². The molecule has 0 bridgehead atoms. The summed E-state index contributed by atoms with van der Waals surface area (Å²) in [6.45, 7) is 0. The highest BCUT2D eigenvalue weighted by Crippen LogP contribution is 2.23. The van der Waals surface area contributed by atoms with Gasteiger partial charge in [-0.3, -0.25) is 14.9 Å². The van der Waals surface area contributed by atoms with Crippen molar-refractivity contribution in [3.63, 3.8) is 0 Å². The summed E-state index contributed by atoms with van der Waals surface area (Å²) in [6.07, 6.45) is 0. The number of nitrogens with zero attached hydrogens (tertiary/aromatic N) is 1. The Morgan fingerprint density at radius 2 is 1.85 bits per heavy atom. The highest BCUT2D eigenvalue weighted by molar-refractivity contribution is 14.1. The molecule has 0 aromatic heterocycles. The van der Waals surface area contributed by atoms with Crippen molar-refractivity contribution in [1.29, 1.82) is 0 Å². The fourth-order valence-electron chi connectivity index (χ4n) is 1.58. The van der Waals surface area contributed by atoms with Crippen LogP contribution in [0, 0.1) is 13.7 Å². The Morgan fingerprint density at radius 1 is 1.20 bits per heavy atom. The number of carbonyl (C=O) groups excluding carboxylic acids is 1. The molecule has 3 N–H and O–H groups in total. The lowest BCUT2D eigenvalue weighted by molar-refractivity contribution is -0.383. The van der Waals surface area contributed by atoms with Crippen LogP contribution >= 0.6 is 22.6 Å². The minimum Gasteiger partial charge on any atom is -0.393 e. The third-order valence-electron chi connectivity index (χ3n) is 2.59. The number of nitrogens with one attached hydrogen (secondary N) is 1. The van der Waals surface area contributed by atoms with E-state index in [0.29, 0.717) is 5.69 Å². The maximum absolute atomic E-state index is 12.0. The van der Waals surface area contributed by atoms with Crippen LogP contribution in [0.1, 0.15) is 10.4 Å². The van der Waals surface area contributed by atoms with E-state index in [1.54, 1.807) is 12.1 Å². The molecule has 0 aliphatic rings. The van der Waals surface area contributed by atoms with Gasteiger partial charge in [0.2, 0.25) is 0 Å². The van der Waals surface area contributed by atoms with E-state index in [9.17, 15) is 14.9 Å². The predicted molar refractivity (Wildman–Crippen MR) is 84.6 cm³/mol. The van der Waals surface area contributed by atoms with Crippen LogP contribution in [0.15, 0.2) is 42.5 Å². The topological polar surface area (TPSA) is 98.3 Å². The van der Waals surface area contributed by atoms with Crippen LogP contribution in [0.4, 0.5) is 17.1 Å². The fourth-order valence-corrected chi connectivity index (χ4v) is 1.94. The molecule has 0 spiro atoms. The number of nitrogen functional groups attached to an aromatic ring is 1. The average molecular weight is 383 g/mol. The molecule has 1 amide bonds. The van der Waals surface area contributed by atoms with Gasteiger partial charge >= 0.3 is 0 Å². The van der Waals surface area contributed by atoms with Gasteiger partial charge in [0, 0.05) is 20.9 Å². The molecule has 0 radical (unpaired) electrons. The second kappa shape index (κ2) is 5.87. The number of anilines is 2. The summed E-state index contributed by atoms with van der Waals surface area (Å²) >= 11 is 2.16. The lowest BCUT2D eigenvalue weighted by Gasteiger charge is -2.06. The number of halogens is 1. The molecular formula is C13H10IN3O3. The van der Waals surface area contributed by atoms with Gasteiger partial charge in [0.05, 0.1) is 4.92 Å². The second-order valence-electron chi connectivity index (χ2n) is 3.99. The number of nitro groups is 1. The van der Waals surface area contributed by atoms with Gasteiger partial charge in [-0.15, -0.1) is 0 Å². The second-order valence-corrected chi connectivity index (χ2v) is 5.24. The van der Waals surface area contributed by atoms with Crippen LogP contribution in [0.5, 0.6) is 0 Å². The highest BCUT2D eigenvalue weighted by atomic mass is 127. The molecule has 6 nitrogen and oxygen atoms in total. The molecule has 0 aliphatic heterocycles. The van der Waals surface area contributed by atoms with E-state index < -0.39 is 10.8 Å². The fraction of sp³-hybridized carbons (Fsp3) is 0. The van der Waals surface area contributed by atoms with Crippen LogP contribution in [-0.2, 0) is 0 Å². The van der Waals surface area contributed by atoms with E-state index in [1.807, 2.05) is 12.1 Å². The Hall–Kier alpha value is -2.16. The zero-order chi connectivity index (χ0) is 14.7.